The molecule has 0 amide bonds. The number of anilines is 9. The molecule has 0 bridgehead atoms. The molecule has 0 fully saturated rings. The Balaban J connectivity index is 0.000000123. The van der Waals surface area contributed by atoms with Gasteiger partial charge in [-0.2, -0.15) is 0 Å². The minimum Gasteiger partial charge on any atom is -0.509 e. The summed E-state index contributed by atoms with van der Waals surface area (Å²) in [6, 6.07) is 150. The van der Waals surface area contributed by atoms with Gasteiger partial charge < -0.3 is 43.1 Å². The Bertz CT molecular complexity index is 8720. The molecule has 27 rings (SSSR count). The minimum absolute atomic E-state index is 0. The maximum atomic E-state index is 6.96. The summed E-state index contributed by atoms with van der Waals surface area (Å²) >= 11 is 10.2. The summed E-state index contributed by atoms with van der Waals surface area (Å²) in [7, 11) is 0. The fourth-order valence-electron chi connectivity index (χ4n) is 17.5. The first-order chi connectivity index (χ1) is 69.8. The summed E-state index contributed by atoms with van der Waals surface area (Å²) in [4.78, 5) is 33.7. The molecule has 0 spiro atoms. The van der Waals surface area contributed by atoms with Gasteiger partial charge in [0.2, 0.25) is 23.5 Å². The molecular formula is C120H69N9O6Pt3S6. The Morgan fingerprint density at radius 1 is 0.188 bits per heavy atom. The Labute approximate surface area is 893 Å². The largest absolute Gasteiger partial charge is 2.00 e. The normalized spacial score (nSPS) is 11.2. The number of benzene rings is 15. The minimum atomic E-state index is 0. The van der Waals surface area contributed by atoms with Gasteiger partial charge in [-0.05, 0) is 184 Å². The fourth-order valence-corrected chi connectivity index (χ4v) is 24.4. The van der Waals surface area contributed by atoms with Gasteiger partial charge >= 0.3 is 63.2 Å². The van der Waals surface area contributed by atoms with Crippen molar-refractivity contribution in [2.75, 3.05) is 14.7 Å². The number of rotatable bonds is 21. The van der Waals surface area contributed by atoms with Crippen LogP contribution in [0.4, 0.5) is 51.4 Å². The number of thiophene rings is 6. The van der Waals surface area contributed by atoms with Gasteiger partial charge in [0.05, 0.1) is 0 Å². The second-order valence-corrected chi connectivity index (χ2v) is 38.9. The van der Waals surface area contributed by atoms with Crippen LogP contribution < -0.4 is 43.1 Å². The first kappa shape index (κ1) is 93.7. The van der Waals surface area contributed by atoms with Crippen molar-refractivity contribution in [2.45, 2.75) is 0 Å². The zero-order valence-electron chi connectivity index (χ0n) is 75.2. The molecule has 15 aromatic carbocycles. The van der Waals surface area contributed by atoms with Gasteiger partial charge in [-0.15, -0.1) is 93.0 Å². The van der Waals surface area contributed by atoms with Crippen LogP contribution in [0.1, 0.15) is 0 Å². The van der Waals surface area contributed by atoms with E-state index >= 15 is 0 Å². The van der Waals surface area contributed by atoms with E-state index in [1.54, 1.807) is 92.8 Å². The molecule has 0 radical (unpaired) electrons. The number of hydrogen-bond donors (Lipinski definition) is 0. The number of para-hydroxylation sites is 3. The van der Waals surface area contributed by atoms with Crippen LogP contribution in [0.2, 0.25) is 0 Å². The van der Waals surface area contributed by atoms with Gasteiger partial charge in [-0.25, -0.2) is 97.9 Å². The first-order valence-corrected chi connectivity index (χ1v) is 50.1. The Morgan fingerprint density at radius 2 is 0.417 bits per heavy atom. The van der Waals surface area contributed by atoms with Crippen molar-refractivity contribution < 1.29 is 91.6 Å². The Kier molecular flexibility index (Phi) is 27.2. The van der Waals surface area contributed by atoms with Crippen LogP contribution in [0.25, 0.3) is 121 Å². The SMILES string of the molecule is [Pt+2].[Pt+2].[Pt+2].[c-]1c(N(c2[c-]c(Oc3ccccn3)c3sc4ccccc4c3c2)c2ccccc2)cc2c(sc3ccccc32)c1Oc1ccccn1.[c-]1c(Oc2[c-]c(N(c3ccccc3)c3ccccn3)c3sc4ccccc4c3c2)cc2c(sc3ccccc32)c1N(c1ccccc1)c1ccccn1.[c-]1c(Oc2[c-]c(Oc3ccccn3)c3sc4ccccc4c3c2)cc2c(sc3ccccc32)c1Oc1ccccn1. The summed E-state index contributed by atoms with van der Waals surface area (Å²) in [5, 5.41) is 13.3. The molecule has 144 heavy (non-hydrogen) atoms. The van der Waals surface area contributed by atoms with Crippen LogP contribution in [-0.4, -0.2) is 29.9 Å². The number of pyridine rings is 6. The second kappa shape index (κ2) is 41.8. The van der Waals surface area contributed by atoms with E-state index < -0.39 is 0 Å². The number of nitrogens with zero attached hydrogens (tertiary/aromatic N) is 9. The number of fused-ring (bicyclic) bond motifs is 18. The summed E-state index contributed by atoms with van der Waals surface area (Å²) in [5.41, 5.74) is 6.24. The molecular weight excluding hydrogens is 2440 g/mol. The van der Waals surface area contributed by atoms with Crippen LogP contribution >= 0.6 is 68.0 Å². The number of aromatic nitrogens is 6. The predicted octanol–water partition coefficient (Wildman–Crippen LogP) is 35.6. The van der Waals surface area contributed by atoms with E-state index in [4.69, 9.17) is 38.4 Å². The van der Waals surface area contributed by atoms with Crippen LogP contribution in [-0.2, 0) is 63.2 Å². The molecule has 0 aliphatic carbocycles. The molecule has 12 aromatic heterocycles. The third-order valence-corrected chi connectivity index (χ3v) is 30.8. The number of ether oxygens (including phenoxy) is 6. The predicted molar refractivity (Wildman–Crippen MR) is 580 cm³/mol. The molecule has 696 valence electrons. The summed E-state index contributed by atoms with van der Waals surface area (Å²) in [5.74, 6) is 8.10. The Morgan fingerprint density at radius 3 is 0.694 bits per heavy atom. The van der Waals surface area contributed by atoms with Crippen LogP contribution in [0.3, 0.4) is 0 Å². The monoisotopic (exact) mass is 2510 g/mol. The molecule has 24 heteroatoms. The quantitative estimate of drug-likeness (QED) is 0.0629. The van der Waals surface area contributed by atoms with Crippen molar-refractivity contribution in [1.29, 1.82) is 0 Å². The smallest absolute Gasteiger partial charge is 0.509 e. The standard InChI is InChI=1S/C46H28N4OS2.C40H23N3O2S2.C34H18N2O3S2.3Pt/c1-3-15-31(16-4-1)49(43-23-11-13-25-47-43)39-29-33(27-37-35-19-7-9-21-41(35)52-45(37)39)51-34-28-38-36-20-8-10-22-42(36)53-46(38)40(30-34)50(32-17-5-2-6-18-32)44-24-12-14-26-48-44;1-2-12-26(13-3-1)43(27-22-31-29-14-4-6-16-35(29)46-39(31)33(24-27)44-37-18-8-10-20-41-37)28-23-32-30-15-5-7-17-36(30)47-40(32)34(25-28)45-38-19-9-11-21-42-38;1-3-11-29-23(9-1)25-17-21(19-27(33(25)40-29)38-31-13-5-7-15-35-31)37-22-18-26-24-10-2-4-12-30(24)41-34(26)28(20-22)39-32-14-6-8-16-36-32;;;/h1-28H;1-23H;1-18H;;;/q3*-2;3*+2. The van der Waals surface area contributed by atoms with E-state index in [-0.39, 0.29) is 63.2 Å². The fraction of sp³-hybridized carbons (Fsp3) is 0. The summed E-state index contributed by atoms with van der Waals surface area (Å²) in [6.45, 7) is 0. The molecule has 0 aliphatic rings. The average molecular weight is 2510 g/mol. The molecule has 0 saturated heterocycles. The van der Waals surface area contributed by atoms with Crippen molar-refractivity contribution >= 4 is 241 Å². The Hall–Kier alpha value is -15.2. The summed E-state index contributed by atoms with van der Waals surface area (Å²) < 4.78 is 52.1. The van der Waals surface area contributed by atoms with Gasteiger partial charge in [0.1, 0.15) is 11.6 Å². The molecule has 12 heterocycles. The molecule has 0 saturated carbocycles. The van der Waals surface area contributed by atoms with Gasteiger partial charge in [0, 0.05) is 153 Å². The van der Waals surface area contributed by atoms with E-state index in [0.29, 0.717) is 69.5 Å². The molecule has 0 aliphatic heterocycles. The summed E-state index contributed by atoms with van der Waals surface area (Å²) in [6.07, 6.45) is 10.5. The van der Waals surface area contributed by atoms with Crippen molar-refractivity contribution in [2.24, 2.45) is 0 Å². The average Bonchev–Trinajstić information content (AvgIpc) is 1.56. The van der Waals surface area contributed by atoms with Crippen molar-refractivity contribution in [3.8, 4) is 69.5 Å². The zero-order chi connectivity index (χ0) is 93.5. The number of hydrogen-bond acceptors (Lipinski definition) is 21. The molecule has 0 N–H and O–H groups in total. The molecule has 0 atom stereocenters. The van der Waals surface area contributed by atoms with Crippen LogP contribution in [0, 0.1) is 36.4 Å². The van der Waals surface area contributed by atoms with E-state index in [2.05, 4.69) is 253 Å². The van der Waals surface area contributed by atoms with Gasteiger partial charge in [0.25, 0.3) is 0 Å². The maximum absolute atomic E-state index is 6.96. The van der Waals surface area contributed by atoms with E-state index in [9.17, 15) is 0 Å². The van der Waals surface area contributed by atoms with Crippen molar-refractivity contribution in [1.82, 2.24) is 29.9 Å². The molecule has 27 aromatic rings. The van der Waals surface area contributed by atoms with Crippen LogP contribution in [0.5, 0.6) is 69.5 Å². The molecule has 0 unspecified atom stereocenters. The second-order valence-electron chi connectivity index (χ2n) is 32.6. The molecule has 15 nitrogen and oxygen atoms in total. The third kappa shape index (κ3) is 18.8. The topological polar surface area (TPSA) is 142 Å². The maximum Gasteiger partial charge on any atom is 2.00 e. The van der Waals surface area contributed by atoms with Crippen molar-refractivity contribution in [3.05, 3.63) is 456 Å². The van der Waals surface area contributed by atoms with E-state index in [0.717, 1.165) is 154 Å². The first-order valence-electron chi connectivity index (χ1n) is 45.2. The van der Waals surface area contributed by atoms with E-state index in [1.807, 2.05) is 213 Å². The van der Waals surface area contributed by atoms with Gasteiger partial charge in [-0.3, -0.25) is 0 Å². The van der Waals surface area contributed by atoms with Crippen LogP contribution in [0.15, 0.2) is 419 Å². The third-order valence-electron chi connectivity index (χ3n) is 23.7. The van der Waals surface area contributed by atoms with E-state index in [1.165, 1.54) is 18.8 Å². The zero-order valence-corrected chi connectivity index (χ0v) is 86.9. The van der Waals surface area contributed by atoms with Crippen molar-refractivity contribution in [3.63, 3.8) is 0 Å². The van der Waals surface area contributed by atoms with Gasteiger partial charge in [-0.1, -0.05) is 233 Å². The van der Waals surface area contributed by atoms with Gasteiger partial charge in [0.15, 0.2) is 0 Å².